The number of nitrogens with one attached hydrogen (secondary N) is 1. The molecule has 4 nitrogen and oxygen atoms in total. The van der Waals surface area contributed by atoms with E-state index in [0.717, 1.165) is 12.0 Å². The molecule has 132 valence electrons. The minimum absolute atomic E-state index is 0.0947. The molecule has 6 heteroatoms. The third-order valence-corrected chi connectivity index (χ3v) is 5.48. The highest BCUT2D eigenvalue weighted by Crippen LogP contribution is 2.31. The van der Waals surface area contributed by atoms with E-state index in [9.17, 15) is 9.59 Å². The Bertz CT molecular complexity index is 861. The molecule has 2 aromatic carbocycles. The van der Waals surface area contributed by atoms with Crippen LogP contribution in [-0.2, 0) is 11.2 Å². The van der Waals surface area contributed by atoms with Crippen LogP contribution in [-0.4, -0.2) is 34.6 Å². The molecule has 3 rings (SSSR count). The van der Waals surface area contributed by atoms with Gasteiger partial charge in [-0.15, -0.1) is 0 Å². The summed E-state index contributed by atoms with van der Waals surface area (Å²) in [5, 5.41) is 2.92. The second-order valence-electron chi connectivity index (χ2n) is 5.85. The van der Waals surface area contributed by atoms with Crippen LogP contribution >= 0.6 is 24.0 Å². The van der Waals surface area contributed by atoms with Crippen LogP contribution in [0.4, 0.5) is 0 Å². The molecule has 1 heterocycles. The highest BCUT2D eigenvalue weighted by Gasteiger charge is 2.28. The van der Waals surface area contributed by atoms with E-state index >= 15 is 0 Å². The van der Waals surface area contributed by atoms with E-state index in [1.54, 1.807) is 25.3 Å². The molecule has 2 aromatic rings. The van der Waals surface area contributed by atoms with Gasteiger partial charge >= 0.3 is 0 Å². The third-order valence-electron chi connectivity index (χ3n) is 4.00. The number of rotatable bonds is 5. The first-order valence-electron chi connectivity index (χ1n) is 8.18. The maximum Gasteiger partial charge on any atom is 0.265 e. The average molecular weight is 383 g/mol. The number of hydrogen-bond acceptors (Lipinski definition) is 4. The molecule has 1 N–H and O–H groups in total. The molecule has 0 radical (unpaired) electrons. The van der Waals surface area contributed by atoms with Crippen molar-refractivity contribution in [3.63, 3.8) is 0 Å². The van der Waals surface area contributed by atoms with Crippen LogP contribution in [0.1, 0.15) is 21.5 Å². The van der Waals surface area contributed by atoms with Crippen LogP contribution in [0.2, 0.25) is 0 Å². The summed E-state index contributed by atoms with van der Waals surface area (Å²) in [6, 6.07) is 17.2. The van der Waals surface area contributed by atoms with Crippen LogP contribution in [0.5, 0.6) is 0 Å². The molecular weight excluding hydrogens is 364 g/mol. The summed E-state index contributed by atoms with van der Waals surface area (Å²) in [5.74, 6) is -0.199. The van der Waals surface area contributed by atoms with E-state index in [2.05, 4.69) is 5.32 Å². The number of benzene rings is 2. The average Bonchev–Trinajstić information content (AvgIpc) is 2.90. The predicted octanol–water partition coefficient (Wildman–Crippen LogP) is 3.49. The Hall–Kier alpha value is -2.44. The lowest BCUT2D eigenvalue weighted by Gasteiger charge is -2.06. The quantitative estimate of drug-likeness (QED) is 0.635. The molecule has 1 aliphatic heterocycles. The van der Waals surface area contributed by atoms with Gasteiger partial charge in [0, 0.05) is 19.2 Å². The number of hydrogen-bond donors (Lipinski definition) is 1. The van der Waals surface area contributed by atoms with Gasteiger partial charge < -0.3 is 5.32 Å². The first-order valence-corrected chi connectivity index (χ1v) is 9.41. The summed E-state index contributed by atoms with van der Waals surface area (Å²) in [6.45, 7) is 0.587. The third kappa shape index (κ3) is 4.39. The maximum absolute atomic E-state index is 12.2. The Morgan fingerprint density at radius 2 is 1.85 bits per heavy atom. The molecule has 0 aliphatic carbocycles. The SMILES string of the molecule is CN1C(=O)C(=Cc2ccc(C(=O)NCCc3ccccc3)cc2)SC1=S. The predicted molar refractivity (Wildman–Crippen MR) is 110 cm³/mol. The van der Waals surface area contributed by atoms with Gasteiger partial charge in [0.25, 0.3) is 11.8 Å². The molecule has 0 bridgehead atoms. The van der Waals surface area contributed by atoms with Crippen molar-refractivity contribution in [3.8, 4) is 0 Å². The van der Waals surface area contributed by atoms with Gasteiger partial charge in [-0.05, 0) is 35.8 Å². The number of carbonyl (C=O) groups is 2. The molecule has 26 heavy (non-hydrogen) atoms. The van der Waals surface area contributed by atoms with Crippen molar-refractivity contribution in [2.75, 3.05) is 13.6 Å². The second-order valence-corrected chi connectivity index (χ2v) is 7.53. The van der Waals surface area contributed by atoms with Crippen LogP contribution in [0, 0.1) is 0 Å². The van der Waals surface area contributed by atoms with Gasteiger partial charge in [0.2, 0.25) is 0 Å². The van der Waals surface area contributed by atoms with Gasteiger partial charge in [0.05, 0.1) is 4.91 Å². The number of amides is 2. The van der Waals surface area contributed by atoms with Crippen LogP contribution in [0.15, 0.2) is 59.5 Å². The van der Waals surface area contributed by atoms with E-state index in [4.69, 9.17) is 12.2 Å². The molecular formula is C20H18N2O2S2. The zero-order valence-corrected chi connectivity index (χ0v) is 15.9. The topological polar surface area (TPSA) is 49.4 Å². The molecule has 0 saturated carbocycles. The maximum atomic E-state index is 12.2. The van der Waals surface area contributed by atoms with Crippen molar-refractivity contribution < 1.29 is 9.59 Å². The highest BCUT2D eigenvalue weighted by molar-refractivity contribution is 8.26. The molecule has 0 unspecified atom stereocenters. The molecule has 0 spiro atoms. The molecule has 0 atom stereocenters. The lowest BCUT2D eigenvalue weighted by Crippen LogP contribution is -2.25. The smallest absolute Gasteiger partial charge is 0.265 e. The van der Waals surface area contributed by atoms with Crippen molar-refractivity contribution in [3.05, 3.63) is 76.2 Å². The van der Waals surface area contributed by atoms with Gasteiger partial charge in [-0.3, -0.25) is 14.5 Å². The number of likely N-dealkylation sites (N-methyl/N-ethyl adjacent to an activating group) is 1. The summed E-state index contributed by atoms with van der Waals surface area (Å²) < 4.78 is 0.552. The van der Waals surface area contributed by atoms with Gasteiger partial charge in [-0.1, -0.05) is 66.4 Å². The first-order chi connectivity index (χ1) is 12.5. The molecule has 2 amide bonds. The number of thiocarbonyl (C=S) groups is 1. The number of nitrogens with zero attached hydrogens (tertiary/aromatic N) is 1. The molecule has 0 aromatic heterocycles. The first kappa shape index (κ1) is 18.4. The molecule has 1 fully saturated rings. The number of carbonyl (C=O) groups excluding carboxylic acids is 2. The van der Waals surface area contributed by atoms with E-state index in [0.29, 0.717) is 21.3 Å². The van der Waals surface area contributed by atoms with Crippen molar-refractivity contribution >= 4 is 46.2 Å². The molecule has 1 saturated heterocycles. The summed E-state index contributed by atoms with van der Waals surface area (Å²) >= 11 is 6.40. The second kappa shape index (κ2) is 8.29. The Labute approximate surface area is 162 Å². The summed E-state index contributed by atoms with van der Waals surface area (Å²) in [6.07, 6.45) is 2.59. The zero-order valence-electron chi connectivity index (χ0n) is 14.3. The van der Waals surface area contributed by atoms with E-state index in [-0.39, 0.29) is 11.8 Å². The van der Waals surface area contributed by atoms with Crippen molar-refractivity contribution in [1.29, 1.82) is 0 Å². The fourth-order valence-electron chi connectivity index (χ4n) is 2.49. The summed E-state index contributed by atoms with van der Waals surface area (Å²) in [4.78, 5) is 26.3. The van der Waals surface area contributed by atoms with Gasteiger partial charge in [-0.25, -0.2) is 0 Å². The zero-order chi connectivity index (χ0) is 18.5. The molecule has 1 aliphatic rings. The Morgan fingerprint density at radius 1 is 1.15 bits per heavy atom. The standard InChI is InChI=1S/C20H18N2O2S2/c1-22-19(24)17(26-20(22)25)13-15-7-9-16(10-8-15)18(23)21-12-11-14-5-3-2-4-6-14/h2-10,13H,11-12H2,1H3,(H,21,23). The fourth-order valence-corrected chi connectivity index (χ4v) is 3.67. The van der Waals surface area contributed by atoms with E-state index in [1.807, 2.05) is 42.5 Å². The van der Waals surface area contributed by atoms with Crippen molar-refractivity contribution in [2.45, 2.75) is 6.42 Å². The van der Waals surface area contributed by atoms with Crippen LogP contribution < -0.4 is 5.32 Å². The summed E-state index contributed by atoms with van der Waals surface area (Å²) in [7, 11) is 1.67. The van der Waals surface area contributed by atoms with Crippen LogP contribution in [0.3, 0.4) is 0 Å². The minimum Gasteiger partial charge on any atom is -0.352 e. The largest absolute Gasteiger partial charge is 0.352 e. The van der Waals surface area contributed by atoms with Gasteiger partial charge in [-0.2, -0.15) is 0 Å². The number of thioether (sulfide) groups is 1. The van der Waals surface area contributed by atoms with Crippen molar-refractivity contribution in [1.82, 2.24) is 10.2 Å². The lowest BCUT2D eigenvalue weighted by molar-refractivity contribution is -0.121. The Kier molecular flexibility index (Phi) is 5.85. The van der Waals surface area contributed by atoms with Crippen LogP contribution in [0.25, 0.3) is 6.08 Å². The normalized spacial score (nSPS) is 15.6. The minimum atomic E-state index is -0.104. The van der Waals surface area contributed by atoms with E-state index < -0.39 is 0 Å². The fraction of sp³-hybridized carbons (Fsp3) is 0.150. The monoisotopic (exact) mass is 382 g/mol. The van der Waals surface area contributed by atoms with Crippen molar-refractivity contribution in [2.24, 2.45) is 0 Å². The van der Waals surface area contributed by atoms with Gasteiger partial charge in [0.1, 0.15) is 4.32 Å². The Morgan fingerprint density at radius 3 is 2.46 bits per heavy atom. The highest BCUT2D eigenvalue weighted by atomic mass is 32.2. The lowest BCUT2D eigenvalue weighted by atomic mass is 10.1. The Balaban J connectivity index is 1.58. The summed E-state index contributed by atoms with van der Waals surface area (Å²) in [5.41, 5.74) is 2.65. The van der Waals surface area contributed by atoms with Gasteiger partial charge in [0.15, 0.2) is 0 Å². The van der Waals surface area contributed by atoms with E-state index in [1.165, 1.54) is 22.2 Å².